The summed E-state index contributed by atoms with van der Waals surface area (Å²) in [5, 5.41) is 3.39. The molecule has 1 N–H and O–H groups in total. The molecule has 0 aliphatic heterocycles. The third kappa shape index (κ3) is 3.99. The van der Waals surface area contributed by atoms with Crippen LogP contribution in [-0.4, -0.2) is 20.7 Å². The second-order valence-electron chi connectivity index (χ2n) is 5.08. The number of anilines is 1. The van der Waals surface area contributed by atoms with Crippen LogP contribution in [0.5, 0.6) is 5.75 Å². The highest BCUT2D eigenvalue weighted by Gasteiger charge is 2.09. The fourth-order valence-corrected chi connectivity index (χ4v) is 2.47. The maximum Gasteiger partial charge on any atom is 0.123 e. The highest BCUT2D eigenvalue weighted by molar-refractivity contribution is 5.54. The zero-order valence-electron chi connectivity index (χ0n) is 13.1. The molecule has 21 heavy (non-hydrogen) atoms. The van der Waals surface area contributed by atoms with E-state index in [1.54, 1.807) is 7.11 Å². The molecule has 0 bridgehead atoms. The van der Waals surface area contributed by atoms with Gasteiger partial charge in [0.05, 0.1) is 7.11 Å². The molecule has 0 fully saturated rings. The van der Waals surface area contributed by atoms with Crippen molar-refractivity contribution in [1.82, 2.24) is 5.32 Å². The largest absolute Gasteiger partial charge is 0.496 e. The zero-order chi connectivity index (χ0) is 15.1. The molecule has 0 saturated heterocycles. The van der Waals surface area contributed by atoms with Gasteiger partial charge < -0.3 is 15.0 Å². The van der Waals surface area contributed by atoms with Crippen LogP contribution in [0.3, 0.4) is 0 Å². The van der Waals surface area contributed by atoms with Gasteiger partial charge in [-0.1, -0.05) is 43.3 Å². The van der Waals surface area contributed by atoms with Crippen LogP contribution >= 0.6 is 0 Å². The molecule has 0 unspecified atom stereocenters. The fraction of sp³-hybridized carbons (Fsp3) is 0.333. The molecular weight excluding hydrogens is 260 g/mol. The van der Waals surface area contributed by atoms with E-state index in [2.05, 4.69) is 60.6 Å². The molecule has 0 atom stereocenters. The van der Waals surface area contributed by atoms with Crippen molar-refractivity contribution in [2.45, 2.75) is 20.0 Å². The summed E-state index contributed by atoms with van der Waals surface area (Å²) in [6.45, 7) is 4.82. The fourth-order valence-electron chi connectivity index (χ4n) is 2.47. The summed E-state index contributed by atoms with van der Waals surface area (Å²) in [7, 11) is 3.84. The molecule has 0 amide bonds. The minimum Gasteiger partial charge on any atom is -0.496 e. The predicted octanol–water partition coefficient (Wildman–Crippen LogP) is 3.44. The highest BCUT2D eigenvalue weighted by Crippen LogP contribution is 2.24. The van der Waals surface area contributed by atoms with Crippen LogP contribution in [0.25, 0.3) is 0 Å². The number of methoxy groups -OCH3 is 1. The molecular formula is C18H24N2O. The number of nitrogens with one attached hydrogen (secondary N) is 1. The Labute approximate surface area is 127 Å². The van der Waals surface area contributed by atoms with Crippen molar-refractivity contribution < 1.29 is 4.74 Å². The van der Waals surface area contributed by atoms with Crippen LogP contribution in [0.2, 0.25) is 0 Å². The number of benzene rings is 2. The van der Waals surface area contributed by atoms with Gasteiger partial charge in [-0.25, -0.2) is 0 Å². The van der Waals surface area contributed by atoms with Crippen LogP contribution in [0, 0.1) is 0 Å². The molecule has 0 aliphatic carbocycles. The minimum absolute atomic E-state index is 0.827. The normalized spacial score (nSPS) is 10.4. The highest BCUT2D eigenvalue weighted by atomic mass is 16.5. The van der Waals surface area contributed by atoms with E-state index in [0.29, 0.717) is 0 Å². The molecule has 0 heterocycles. The van der Waals surface area contributed by atoms with E-state index in [9.17, 15) is 0 Å². The Morgan fingerprint density at radius 3 is 2.38 bits per heavy atom. The number of ether oxygens (including phenoxy) is 1. The summed E-state index contributed by atoms with van der Waals surface area (Å²) in [6.07, 6.45) is 0. The van der Waals surface area contributed by atoms with Gasteiger partial charge in [-0.2, -0.15) is 0 Å². The molecule has 3 nitrogen and oxygen atoms in total. The van der Waals surface area contributed by atoms with Gasteiger partial charge >= 0.3 is 0 Å². The molecule has 2 aromatic rings. The van der Waals surface area contributed by atoms with E-state index >= 15 is 0 Å². The Bertz CT molecular complexity index is 569. The first-order chi connectivity index (χ1) is 10.3. The number of rotatable bonds is 7. The summed E-state index contributed by atoms with van der Waals surface area (Å²) in [5.41, 5.74) is 3.77. The molecule has 3 heteroatoms. The molecule has 0 radical (unpaired) electrons. The average molecular weight is 284 g/mol. The topological polar surface area (TPSA) is 24.5 Å². The Balaban J connectivity index is 2.18. The van der Waals surface area contributed by atoms with Gasteiger partial charge in [-0.3, -0.25) is 0 Å². The number of para-hydroxylation sites is 2. The van der Waals surface area contributed by atoms with Crippen LogP contribution in [0.1, 0.15) is 18.1 Å². The van der Waals surface area contributed by atoms with E-state index in [1.165, 1.54) is 16.8 Å². The molecule has 0 aromatic heterocycles. The van der Waals surface area contributed by atoms with E-state index in [-0.39, 0.29) is 0 Å². The number of hydrogen-bond acceptors (Lipinski definition) is 3. The lowest BCUT2D eigenvalue weighted by molar-refractivity contribution is 0.409. The number of hydrogen-bond donors (Lipinski definition) is 1. The van der Waals surface area contributed by atoms with Crippen molar-refractivity contribution in [3.63, 3.8) is 0 Å². The summed E-state index contributed by atoms with van der Waals surface area (Å²) >= 11 is 0. The van der Waals surface area contributed by atoms with Gasteiger partial charge in [-0.15, -0.1) is 0 Å². The maximum atomic E-state index is 5.44. The standard InChI is InChI=1S/C18H24N2O/c1-4-19-13-15-9-5-7-11-17(15)20(2)14-16-10-6-8-12-18(16)21-3/h5-12,19H,4,13-14H2,1-3H3. The average Bonchev–Trinajstić information content (AvgIpc) is 2.53. The third-order valence-electron chi connectivity index (χ3n) is 3.57. The Morgan fingerprint density at radius 2 is 1.67 bits per heavy atom. The van der Waals surface area contributed by atoms with Crippen LogP contribution in [0.15, 0.2) is 48.5 Å². The van der Waals surface area contributed by atoms with Gasteiger partial charge in [0.25, 0.3) is 0 Å². The maximum absolute atomic E-state index is 5.44. The smallest absolute Gasteiger partial charge is 0.123 e. The second-order valence-corrected chi connectivity index (χ2v) is 5.08. The van der Waals surface area contributed by atoms with Crippen LogP contribution < -0.4 is 15.0 Å². The third-order valence-corrected chi connectivity index (χ3v) is 3.57. The summed E-state index contributed by atoms with van der Waals surface area (Å²) in [6, 6.07) is 16.7. The summed E-state index contributed by atoms with van der Waals surface area (Å²) in [4.78, 5) is 2.27. The summed E-state index contributed by atoms with van der Waals surface area (Å²) in [5.74, 6) is 0.938. The first-order valence-corrected chi connectivity index (χ1v) is 7.38. The Hall–Kier alpha value is -2.00. The first-order valence-electron chi connectivity index (χ1n) is 7.38. The van der Waals surface area contributed by atoms with Crippen molar-refractivity contribution in [1.29, 1.82) is 0 Å². The zero-order valence-corrected chi connectivity index (χ0v) is 13.1. The van der Waals surface area contributed by atoms with Crippen molar-refractivity contribution in [2.75, 3.05) is 25.6 Å². The van der Waals surface area contributed by atoms with Gasteiger partial charge in [0.15, 0.2) is 0 Å². The predicted molar refractivity (Wildman–Crippen MR) is 88.9 cm³/mol. The second kappa shape index (κ2) is 7.70. The quantitative estimate of drug-likeness (QED) is 0.843. The molecule has 2 aromatic carbocycles. The number of nitrogens with zero attached hydrogens (tertiary/aromatic N) is 1. The van der Waals surface area contributed by atoms with Crippen molar-refractivity contribution >= 4 is 5.69 Å². The molecule has 112 valence electrons. The summed E-state index contributed by atoms with van der Waals surface area (Å²) < 4.78 is 5.44. The van der Waals surface area contributed by atoms with Crippen LogP contribution in [-0.2, 0) is 13.1 Å². The van der Waals surface area contributed by atoms with Crippen molar-refractivity contribution in [3.05, 3.63) is 59.7 Å². The van der Waals surface area contributed by atoms with Gasteiger partial charge in [0.2, 0.25) is 0 Å². The lowest BCUT2D eigenvalue weighted by Crippen LogP contribution is -2.20. The van der Waals surface area contributed by atoms with Gasteiger partial charge in [-0.05, 0) is 24.2 Å². The lowest BCUT2D eigenvalue weighted by atomic mass is 10.1. The molecule has 0 aliphatic rings. The van der Waals surface area contributed by atoms with Crippen molar-refractivity contribution in [3.8, 4) is 5.75 Å². The lowest BCUT2D eigenvalue weighted by Gasteiger charge is -2.23. The van der Waals surface area contributed by atoms with Gasteiger partial charge in [0, 0.05) is 31.4 Å². The SMILES string of the molecule is CCNCc1ccccc1N(C)Cc1ccccc1OC. The molecule has 2 rings (SSSR count). The molecule has 0 spiro atoms. The monoisotopic (exact) mass is 284 g/mol. The van der Waals surface area contributed by atoms with E-state index in [1.807, 2.05) is 12.1 Å². The Morgan fingerprint density at radius 1 is 1.00 bits per heavy atom. The minimum atomic E-state index is 0.827. The van der Waals surface area contributed by atoms with E-state index in [0.717, 1.165) is 25.4 Å². The first kappa shape index (κ1) is 15.4. The van der Waals surface area contributed by atoms with Crippen molar-refractivity contribution in [2.24, 2.45) is 0 Å². The van der Waals surface area contributed by atoms with E-state index < -0.39 is 0 Å². The van der Waals surface area contributed by atoms with Gasteiger partial charge in [0.1, 0.15) is 5.75 Å². The van der Waals surface area contributed by atoms with Crippen LogP contribution in [0.4, 0.5) is 5.69 Å². The Kier molecular flexibility index (Phi) is 5.64. The molecule has 0 saturated carbocycles. The van der Waals surface area contributed by atoms with E-state index in [4.69, 9.17) is 4.74 Å².